The Hall–Kier alpha value is 0.0969. The lowest BCUT2D eigenvalue weighted by atomic mass is 10.2. The van der Waals surface area contributed by atoms with E-state index in [0.29, 0.717) is 19.8 Å². The molecule has 6 nitrogen and oxygen atoms in total. The quantitative estimate of drug-likeness (QED) is 0.202. The summed E-state index contributed by atoms with van der Waals surface area (Å²) < 4.78 is 24.1. The second-order valence-corrected chi connectivity index (χ2v) is 14.6. The van der Waals surface area contributed by atoms with Crippen LogP contribution < -0.4 is 5.32 Å². The third-order valence-corrected chi connectivity index (χ3v) is 9.09. The van der Waals surface area contributed by atoms with E-state index in [0.717, 1.165) is 4.43 Å². The van der Waals surface area contributed by atoms with E-state index in [4.69, 9.17) is 18.6 Å². The molecule has 0 radical (unpaired) electrons. The number of halogens is 1. The van der Waals surface area contributed by atoms with Gasteiger partial charge in [0.15, 0.2) is 14.6 Å². The number of nitrogens with one attached hydrogen (secondary N) is 1. The van der Waals surface area contributed by atoms with E-state index in [1.54, 1.807) is 0 Å². The Labute approximate surface area is 174 Å². The van der Waals surface area contributed by atoms with Crippen molar-refractivity contribution in [2.45, 2.75) is 84.5 Å². The van der Waals surface area contributed by atoms with E-state index >= 15 is 0 Å². The lowest BCUT2D eigenvalue weighted by Gasteiger charge is -2.38. The minimum Gasteiger partial charge on any atom is -0.444 e. The lowest BCUT2D eigenvalue weighted by Crippen LogP contribution is -2.53. The molecule has 0 bridgehead atoms. The van der Waals surface area contributed by atoms with Crippen LogP contribution in [-0.2, 0) is 18.6 Å². The summed E-state index contributed by atoms with van der Waals surface area (Å²) in [5.74, 6) is 0. The SMILES string of the molecule is CCOC(OCCI)[C@@H](CO[Si](C)(C)C(C)(C)C)NC(=O)OC(C)(C)C. The van der Waals surface area contributed by atoms with Crippen molar-refractivity contribution in [1.82, 2.24) is 5.32 Å². The van der Waals surface area contributed by atoms with Crippen LogP contribution in [0.25, 0.3) is 0 Å². The molecule has 0 aliphatic rings. The van der Waals surface area contributed by atoms with Gasteiger partial charge in [-0.15, -0.1) is 0 Å². The summed E-state index contributed by atoms with van der Waals surface area (Å²) >= 11 is 2.24. The highest BCUT2D eigenvalue weighted by Crippen LogP contribution is 2.36. The summed E-state index contributed by atoms with van der Waals surface area (Å²) in [6.07, 6.45) is -1.07. The van der Waals surface area contributed by atoms with E-state index in [9.17, 15) is 4.79 Å². The molecular formula is C18H38INO5Si. The molecule has 0 fully saturated rings. The fourth-order valence-electron chi connectivity index (χ4n) is 1.77. The van der Waals surface area contributed by atoms with Gasteiger partial charge >= 0.3 is 6.09 Å². The molecule has 0 aliphatic heterocycles. The second kappa shape index (κ2) is 11.2. The first-order valence-corrected chi connectivity index (χ1v) is 13.6. The van der Waals surface area contributed by atoms with Crippen LogP contribution in [0.5, 0.6) is 0 Å². The molecule has 0 aromatic rings. The minimum absolute atomic E-state index is 0.0770. The summed E-state index contributed by atoms with van der Waals surface area (Å²) in [4.78, 5) is 12.3. The van der Waals surface area contributed by atoms with Gasteiger partial charge in [0.05, 0.1) is 13.2 Å². The minimum atomic E-state index is -1.97. The second-order valence-electron chi connectivity index (χ2n) is 8.71. The molecule has 156 valence electrons. The van der Waals surface area contributed by atoms with Gasteiger partial charge in [-0.1, -0.05) is 43.4 Å². The van der Waals surface area contributed by atoms with Crippen LogP contribution in [0, 0.1) is 0 Å². The third-order valence-electron chi connectivity index (χ3n) is 4.15. The Kier molecular flexibility index (Phi) is 11.2. The van der Waals surface area contributed by atoms with E-state index in [-0.39, 0.29) is 5.04 Å². The predicted octanol–water partition coefficient (Wildman–Crippen LogP) is 4.72. The molecule has 0 aliphatic carbocycles. The zero-order valence-corrected chi connectivity index (χ0v) is 21.1. The van der Waals surface area contributed by atoms with Crippen molar-refractivity contribution in [3.63, 3.8) is 0 Å². The topological polar surface area (TPSA) is 66.0 Å². The Bertz CT molecular complexity index is 421. The number of carbonyl (C=O) groups excluding carboxylic acids is 1. The normalized spacial score (nSPS) is 15.5. The summed E-state index contributed by atoms with van der Waals surface area (Å²) in [6, 6.07) is -0.443. The first kappa shape index (κ1) is 26.1. The van der Waals surface area contributed by atoms with E-state index in [1.807, 2.05) is 27.7 Å². The van der Waals surface area contributed by atoms with Crippen LogP contribution in [0.3, 0.4) is 0 Å². The number of amides is 1. The highest BCUT2D eigenvalue weighted by Gasteiger charge is 2.39. The Balaban J connectivity index is 5.21. The predicted molar refractivity (Wildman–Crippen MR) is 117 cm³/mol. The Morgan fingerprint density at radius 1 is 1.12 bits per heavy atom. The number of alkyl carbamates (subject to hydrolysis) is 1. The summed E-state index contributed by atoms with van der Waals surface area (Å²) in [5, 5.41) is 2.95. The molecule has 0 spiro atoms. The van der Waals surface area contributed by atoms with Crippen LogP contribution in [0.2, 0.25) is 18.1 Å². The molecule has 1 unspecified atom stereocenters. The molecule has 0 aromatic heterocycles. The van der Waals surface area contributed by atoms with Gasteiger partial charge in [0, 0.05) is 11.0 Å². The van der Waals surface area contributed by atoms with Crippen LogP contribution in [-0.4, -0.2) is 56.6 Å². The number of hydrogen-bond donors (Lipinski definition) is 1. The monoisotopic (exact) mass is 503 g/mol. The maximum absolute atomic E-state index is 12.3. The van der Waals surface area contributed by atoms with Gasteiger partial charge in [-0.05, 0) is 45.8 Å². The van der Waals surface area contributed by atoms with E-state index < -0.39 is 32.3 Å². The maximum Gasteiger partial charge on any atom is 0.408 e. The standard InChI is InChI=1S/C18H38INO5Si/c1-10-22-15(23-12-11-19)14(20-16(21)25-17(2,3)4)13-24-26(8,9)18(5,6)7/h14-15H,10-13H2,1-9H3,(H,20,21)/t14-,15?/m1/s1. The fraction of sp³-hybridized carbons (Fsp3) is 0.944. The summed E-state index contributed by atoms with van der Waals surface area (Å²) in [6.45, 7) is 19.7. The highest BCUT2D eigenvalue weighted by atomic mass is 127. The fourth-order valence-corrected chi connectivity index (χ4v) is 3.05. The summed E-state index contributed by atoms with van der Waals surface area (Å²) in [7, 11) is -1.97. The third kappa shape index (κ3) is 10.4. The molecule has 1 N–H and O–H groups in total. The van der Waals surface area contributed by atoms with E-state index in [2.05, 4.69) is 61.8 Å². The van der Waals surface area contributed by atoms with E-state index in [1.165, 1.54) is 0 Å². The largest absolute Gasteiger partial charge is 0.444 e. The van der Waals surface area contributed by atoms with Crippen molar-refractivity contribution >= 4 is 37.0 Å². The average Bonchev–Trinajstić information content (AvgIpc) is 2.45. The van der Waals surface area contributed by atoms with Crippen molar-refractivity contribution in [3.05, 3.63) is 0 Å². The smallest absolute Gasteiger partial charge is 0.408 e. The first-order chi connectivity index (χ1) is 11.7. The zero-order valence-electron chi connectivity index (χ0n) is 17.9. The number of ether oxygens (including phenoxy) is 3. The van der Waals surface area contributed by atoms with Gasteiger partial charge in [0.25, 0.3) is 0 Å². The molecule has 0 heterocycles. The zero-order chi connectivity index (χ0) is 20.6. The number of rotatable bonds is 10. The summed E-state index contributed by atoms with van der Waals surface area (Å²) in [5.41, 5.74) is -0.570. The molecular weight excluding hydrogens is 465 g/mol. The lowest BCUT2D eigenvalue weighted by molar-refractivity contribution is -0.157. The van der Waals surface area contributed by atoms with Crippen LogP contribution in [0.15, 0.2) is 0 Å². The molecule has 26 heavy (non-hydrogen) atoms. The van der Waals surface area contributed by atoms with Gasteiger partial charge in [-0.25, -0.2) is 4.79 Å². The average molecular weight is 503 g/mol. The van der Waals surface area contributed by atoms with Crippen LogP contribution in [0.1, 0.15) is 48.5 Å². The van der Waals surface area contributed by atoms with Crippen molar-refractivity contribution in [2.75, 3.05) is 24.2 Å². The molecule has 0 saturated heterocycles. The maximum atomic E-state index is 12.3. The van der Waals surface area contributed by atoms with Gasteiger partial charge < -0.3 is 24.0 Å². The number of alkyl halides is 1. The Morgan fingerprint density at radius 3 is 2.12 bits per heavy atom. The van der Waals surface area contributed by atoms with Gasteiger partial charge in [0.2, 0.25) is 0 Å². The highest BCUT2D eigenvalue weighted by molar-refractivity contribution is 14.1. The van der Waals surface area contributed by atoms with Crippen LogP contribution >= 0.6 is 22.6 Å². The Morgan fingerprint density at radius 2 is 1.69 bits per heavy atom. The van der Waals surface area contributed by atoms with Crippen molar-refractivity contribution in [3.8, 4) is 0 Å². The van der Waals surface area contributed by atoms with Crippen molar-refractivity contribution in [2.24, 2.45) is 0 Å². The molecule has 0 saturated carbocycles. The molecule has 1 amide bonds. The van der Waals surface area contributed by atoms with Crippen molar-refractivity contribution < 1.29 is 23.4 Å². The van der Waals surface area contributed by atoms with Crippen LogP contribution in [0.4, 0.5) is 4.79 Å². The molecule has 0 rings (SSSR count). The first-order valence-electron chi connectivity index (χ1n) is 9.16. The van der Waals surface area contributed by atoms with Crippen molar-refractivity contribution in [1.29, 1.82) is 0 Å². The van der Waals surface area contributed by atoms with Gasteiger partial charge in [0.1, 0.15) is 11.6 Å². The molecule has 8 heteroatoms. The molecule has 2 atom stereocenters. The molecule has 0 aromatic carbocycles. The number of hydrogen-bond acceptors (Lipinski definition) is 5. The van der Waals surface area contributed by atoms with Gasteiger partial charge in [-0.3, -0.25) is 0 Å². The van der Waals surface area contributed by atoms with Gasteiger partial charge in [-0.2, -0.15) is 0 Å². The number of carbonyl (C=O) groups is 1.